The molecule has 0 aliphatic rings. The van der Waals surface area contributed by atoms with Crippen molar-refractivity contribution in [2.75, 3.05) is 6.54 Å². The Balaban J connectivity index is 1.93. The van der Waals surface area contributed by atoms with Crippen molar-refractivity contribution in [1.29, 1.82) is 0 Å². The molecule has 0 saturated carbocycles. The number of pyridine rings is 1. The monoisotopic (exact) mass is 262 g/mol. The molecule has 0 saturated heterocycles. The highest BCUT2D eigenvalue weighted by Gasteiger charge is 2.14. The van der Waals surface area contributed by atoms with E-state index in [1.54, 1.807) is 19.3 Å². The quantitative estimate of drug-likeness (QED) is 0.894. The van der Waals surface area contributed by atoms with Gasteiger partial charge in [0.05, 0.1) is 0 Å². The molecular weight excluding hydrogens is 246 g/mol. The molecule has 0 radical (unpaired) electrons. The fourth-order valence-electron chi connectivity index (χ4n) is 2.01. The minimum Gasteiger partial charge on any atom is -0.310 e. The molecule has 0 fully saturated rings. The topological polar surface area (TPSA) is 24.9 Å². The molecule has 4 heteroatoms. The van der Waals surface area contributed by atoms with E-state index in [1.807, 2.05) is 12.1 Å². The van der Waals surface area contributed by atoms with Gasteiger partial charge >= 0.3 is 0 Å². The Bertz CT molecular complexity index is 509. The van der Waals surface area contributed by atoms with Crippen LogP contribution in [0.3, 0.4) is 0 Å². The predicted molar refractivity (Wildman–Crippen MR) is 70.7 cm³/mol. The number of benzene rings is 1. The lowest BCUT2D eigenvalue weighted by atomic mass is 10.1. The van der Waals surface area contributed by atoms with E-state index in [0.717, 1.165) is 12.0 Å². The number of halogens is 2. The number of nitrogens with one attached hydrogen (secondary N) is 1. The molecule has 0 spiro atoms. The number of nitrogens with zero attached hydrogens (tertiary/aromatic N) is 1. The Morgan fingerprint density at radius 1 is 1.11 bits per heavy atom. The van der Waals surface area contributed by atoms with Crippen molar-refractivity contribution in [2.24, 2.45) is 0 Å². The van der Waals surface area contributed by atoms with Crippen LogP contribution in [-0.2, 0) is 6.42 Å². The predicted octanol–water partition coefficient (Wildman–Crippen LogP) is 3.25. The summed E-state index contributed by atoms with van der Waals surface area (Å²) < 4.78 is 27.1. The van der Waals surface area contributed by atoms with Crippen molar-refractivity contribution in [3.8, 4) is 0 Å². The summed E-state index contributed by atoms with van der Waals surface area (Å²) in [5.41, 5.74) is 1.24. The van der Waals surface area contributed by atoms with Gasteiger partial charge in [-0.1, -0.05) is 6.07 Å². The summed E-state index contributed by atoms with van der Waals surface area (Å²) in [6.45, 7) is 2.41. The molecule has 1 aromatic heterocycles. The first-order chi connectivity index (χ1) is 9.18. The molecule has 1 aromatic carbocycles. The van der Waals surface area contributed by atoms with Gasteiger partial charge < -0.3 is 5.32 Å². The summed E-state index contributed by atoms with van der Waals surface area (Å²) in [6.07, 6.45) is 4.26. The molecule has 1 atom stereocenters. The maximum atomic E-state index is 13.6. The highest BCUT2D eigenvalue weighted by Crippen LogP contribution is 2.20. The highest BCUT2D eigenvalue weighted by molar-refractivity contribution is 5.22. The smallest absolute Gasteiger partial charge is 0.130 e. The Hall–Kier alpha value is -1.81. The molecule has 0 bridgehead atoms. The van der Waals surface area contributed by atoms with Gasteiger partial charge in [-0.3, -0.25) is 4.98 Å². The molecule has 1 N–H and O–H groups in total. The van der Waals surface area contributed by atoms with Crippen molar-refractivity contribution in [2.45, 2.75) is 19.4 Å². The minimum atomic E-state index is -0.510. The first kappa shape index (κ1) is 13.6. The molecule has 2 rings (SSSR count). The summed E-state index contributed by atoms with van der Waals surface area (Å²) >= 11 is 0. The van der Waals surface area contributed by atoms with Gasteiger partial charge in [-0.2, -0.15) is 0 Å². The molecule has 0 aliphatic carbocycles. The maximum absolute atomic E-state index is 13.6. The molecule has 19 heavy (non-hydrogen) atoms. The third-order valence-corrected chi connectivity index (χ3v) is 3.05. The summed E-state index contributed by atoms with van der Waals surface area (Å²) in [4.78, 5) is 3.94. The van der Waals surface area contributed by atoms with Gasteiger partial charge in [-0.05, 0) is 49.7 Å². The van der Waals surface area contributed by atoms with Crippen LogP contribution < -0.4 is 5.32 Å². The third kappa shape index (κ3) is 3.58. The molecule has 0 aliphatic heterocycles. The second-order valence-electron chi connectivity index (χ2n) is 4.42. The number of hydrogen-bond donors (Lipinski definition) is 1. The largest absolute Gasteiger partial charge is 0.310 e. The summed E-state index contributed by atoms with van der Waals surface area (Å²) in [5, 5.41) is 3.13. The van der Waals surface area contributed by atoms with Crippen LogP contribution in [0.1, 0.15) is 24.1 Å². The summed E-state index contributed by atoms with van der Waals surface area (Å²) in [5.74, 6) is -1.02. The molecule has 1 heterocycles. The van der Waals surface area contributed by atoms with E-state index in [9.17, 15) is 8.78 Å². The lowest BCUT2D eigenvalue weighted by Gasteiger charge is -2.15. The Morgan fingerprint density at radius 3 is 2.37 bits per heavy atom. The van der Waals surface area contributed by atoms with Crippen molar-refractivity contribution < 1.29 is 8.78 Å². The summed E-state index contributed by atoms with van der Waals surface area (Å²) in [7, 11) is 0. The highest BCUT2D eigenvalue weighted by atomic mass is 19.1. The first-order valence-electron chi connectivity index (χ1n) is 6.24. The average Bonchev–Trinajstić information content (AvgIpc) is 2.40. The fourth-order valence-corrected chi connectivity index (χ4v) is 2.01. The van der Waals surface area contributed by atoms with Crippen LogP contribution in [0.4, 0.5) is 8.78 Å². The fraction of sp³-hybridized carbons (Fsp3) is 0.267. The van der Waals surface area contributed by atoms with Crippen molar-refractivity contribution in [3.63, 3.8) is 0 Å². The maximum Gasteiger partial charge on any atom is 0.130 e. The van der Waals surface area contributed by atoms with E-state index in [-0.39, 0.29) is 11.6 Å². The van der Waals surface area contributed by atoms with Gasteiger partial charge in [-0.15, -0.1) is 0 Å². The Morgan fingerprint density at radius 2 is 1.74 bits per heavy atom. The zero-order chi connectivity index (χ0) is 13.7. The van der Waals surface area contributed by atoms with Crippen LogP contribution in [0, 0.1) is 11.6 Å². The molecule has 0 amide bonds. The van der Waals surface area contributed by atoms with Gasteiger partial charge in [0.1, 0.15) is 11.6 Å². The lowest BCUT2D eigenvalue weighted by molar-refractivity contribution is 0.490. The second-order valence-corrected chi connectivity index (χ2v) is 4.42. The van der Waals surface area contributed by atoms with Gasteiger partial charge in [0.25, 0.3) is 0 Å². The van der Waals surface area contributed by atoms with Gasteiger partial charge in [-0.25, -0.2) is 8.78 Å². The van der Waals surface area contributed by atoms with Gasteiger partial charge in [0.2, 0.25) is 0 Å². The normalized spacial score (nSPS) is 12.4. The Kier molecular flexibility index (Phi) is 4.58. The van der Waals surface area contributed by atoms with Crippen LogP contribution in [0.15, 0.2) is 42.7 Å². The van der Waals surface area contributed by atoms with Crippen molar-refractivity contribution in [1.82, 2.24) is 10.3 Å². The number of hydrogen-bond acceptors (Lipinski definition) is 2. The van der Waals surface area contributed by atoms with Crippen LogP contribution in [0.5, 0.6) is 0 Å². The summed E-state index contributed by atoms with van der Waals surface area (Å²) in [6, 6.07) is 7.42. The van der Waals surface area contributed by atoms with Crippen molar-refractivity contribution >= 4 is 0 Å². The van der Waals surface area contributed by atoms with E-state index >= 15 is 0 Å². The zero-order valence-corrected chi connectivity index (χ0v) is 10.7. The van der Waals surface area contributed by atoms with Crippen LogP contribution >= 0.6 is 0 Å². The van der Waals surface area contributed by atoms with E-state index in [2.05, 4.69) is 10.3 Å². The minimum absolute atomic E-state index is 0.0947. The SMILES string of the molecule is CC(NCCc1ccncc1)c1c(F)cccc1F. The van der Waals surface area contributed by atoms with Crippen LogP contribution in [0.25, 0.3) is 0 Å². The van der Waals surface area contributed by atoms with Crippen molar-refractivity contribution in [3.05, 3.63) is 65.5 Å². The molecule has 2 aromatic rings. The lowest BCUT2D eigenvalue weighted by Crippen LogP contribution is -2.23. The third-order valence-electron chi connectivity index (χ3n) is 3.05. The van der Waals surface area contributed by atoms with E-state index in [4.69, 9.17) is 0 Å². The van der Waals surface area contributed by atoms with E-state index in [0.29, 0.717) is 6.54 Å². The standard InChI is InChI=1S/C15H16F2N2/c1-11(15-13(16)3-2-4-14(15)17)19-10-7-12-5-8-18-9-6-12/h2-6,8-9,11,19H,7,10H2,1H3. The molecule has 1 unspecified atom stereocenters. The number of aromatic nitrogens is 1. The van der Waals surface area contributed by atoms with E-state index < -0.39 is 11.6 Å². The Labute approximate surface area is 111 Å². The first-order valence-corrected chi connectivity index (χ1v) is 6.24. The number of rotatable bonds is 5. The zero-order valence-electron chi connectivity index (χ0n) is 10.7. The van der Waals surface area contributed by atoms with Crippen LogP contribution in [-0.4, -0.2) is 11.5 Å². The van der Waals surface area contributed by atoms with E-state index in [1.165, 1.54) is 18.2 Å². The van der Waals surface area contributed by atoms with Crippen LogP contribution in [0.2, 0.25) is 0 Å². The van der Waals surface area contributed by atoms with Gasteiger partial charge in [0, 0.05) is 24.0 Å². The average molecular weight is 262 g/mol. The molecule has 2 nitrogen and oxygen atoms in total. The second kappa shape index (κ2) is 6.38. The van der Waals surface area contributed by atoms with Gasteiger partial charge in [0.15, 0.2) is 0 Å². The molecule has 100 valence electrons. The molecular formula is C15H16F2N2.